The summed E-state index contributed by atoms with van der Waals surface area (Å²) in [6.45, 7) is 0.0851. The van der Waals surface area contributed by atoms with Gasteiger partial charge >= 0.3 is 6.18 Å². The number of hydrogen-bond donors (Lipinski definition) is 0. The minimum Gasteiger partial charge on any atom is -0.454 e. The summed E-state index contributed by atoms with van der Waals surface area (Å²) < 4.78 is 49.0. The molecule has 2 aromatic carbocycles. The van der Waals surface area contributed by atoms with E-state index in [9.17, 15) is 18.0 Å². The Bertz CT molecular complexity index is 779. The van der Waals surface area contributed by atoms with Gasteiger partial charge in [0.1, 0.15) is 0 Å². The van der Waals surface area contributed by atoms with Gasteiger partial charge in [-0.25, -0.2) is 0 Å². The number of ketones is 1. The molecule has 23 heavy (non-hydrogen) atoms. The van der Waals surface area contributed by atoms with Gasteiger partial charge in [-0.1, -0.05) is 24.3 Å². The molecule has 0 N–H and O–H groups in total. The van der Waals surface area contributed by atoms with Gasteiger partial charge in [-0.3, -0.25) is 4.79 Å². The molecule has 1 heterocycles. The molecule has 1 aliphatic heterocycles. The molecule has 1 aliphatic rings. The number of allylic oxidation sites excluding steroid dienone is 1. The van der Waals surface area contributed by atoms with Gasteiger partial charge in [0.05, 0.1) is 5.56 Å². The highest BCUT2D eigenvalue weighted by molar-refractivity contribution is 6.07. The quantitative estimate of drug-likeness (QED) is 0.624. The molecule has 0 fully saturated rings. The zero-order valence-corrected chi connectivity index (χ0v) is 11.8. The van der Waals surface area contributed by atoms with Crippen LogP contribution in [0.25, 0.3) is 6.08 Å². The zero-order chi connectivity index (χ0) is 16.4. The average molecular weight is 320 g/mol. The molecular weight excluding hydrogens is 309 g/mol. The number of rotatable bonds is 3. The highest BCUT2D eigenvalue weighted by atomic mass is 19.4. The summed E-state index contributed by atoms with van der Waals surface area (Å²) in [5.74, 6) is 0.563. The number of hydrogen-bond acceptors (Lipinski definition) is 3. The van der Waals surface area contributed by atoms with Crippen LogP contribution in [-0.2, 0) is 6.18 Å². The van der Waals surface area contributed by atoms with Crippen LogP contribution in [-0.4, -0.2) is 12.6 Å². The molecule has 0 amide bonds. The van der Waals surface area contributed by atoms with Gasteiger partial charge in [-0.15, -0.1) is 0 Å². The smallest absolute Gasteiger partial charge is 0.416 e. The molecule has 3 rings (SSSR count). The van der Waals surface area contributed by atoms with Crippen LogP contribution >= 0.6 is 0 Å². The van der Waals surface area contributed by atoms with Gasteiger partial charge in [-0.2, -0.15) is 13.2 Å². The first-order valence-electron chi connectivity index (χ1n) is 6.73. The zero-order valence-electron chi connectivity index (χ0n) is 11.8. The van der Waals surface area contributed by atoms with Crippen molar-refractivity contribution in [3.8, 4) is 11.5 Å². The van der Waals surface area contributed by atoms with Crippen molar-refractivity contribution < 1.29 is 27.4 Å². The van der Waals surface area contributed by atoms with Crippen LogP contribution in [0.3, 0.4) is 0 Å². The Morgan fingerprint density at radius 2 is 1.78 bits per heavy atom. The monoisotopic (exact) mass is 320 g/mol. The molecule has 0 aliphatic carbocycles. The second kappa shape index (κ2) is 5.79. The Hall–Kier alpha value is -2.76. The van der Waals surface area contributed by atoms with E-state index in [1.54, 1.807) is 6.07 Å². The van der Waals surface area contributed by atoms with Crippen LogP contribution in [0.2, 0.25) is 0 Å². The van der Waals surface area contributed by atoms with Crippen LogP contribution in [0.1, 0.15) is 21.5 Å². The molecule has 0 spiro atoms. The number of alkyl halides is 3. The van der Waals surface area contributed by atoms with Gasteiger partial charge in [0, 0.05) is 5.56 Å². The molecule has 0 saturated heterocycles. The van der Waals surface area contributed by atoms with Crippen molar-refractivity contribution in [2.75, 3.05) is 6.79 Å². The first kappa shape index (κ1) is 15.1. The van der Waals surface area contributed by atoms with E-state index in [2.05, 4.69) is 0 Å². The summed E-state index contributed by atoms with van der Waals surface area (Å²) in [6, 6.07) is 9.71. The Morgan fingerprint density at radius 3 is 2.57 bits per heavy atom. The van der Waals surface area contributed by atoms with Gasteiger partial charge in [-0.05, 0) is 35.9 Å². The first-order valence-corrected chi connectivity index (χ1v) is 6.73. The maximum Gasteiger partial charge on any atom is 0.416 e. The lowest BCUT2D eigenvalue weighted by Gasteiger charge is -2.09. The van der Waals surface area contributed by atoms with Gasteiger partial charge in [0.25, 0.3) is 0 Å². The fourth-order valence-electron chi connectivity index (χ4n) is 2.21. The van der Waals surface area contributed by atoms with Gasteiger partial charge in [0.2, 0.25) is 6.79 Å². The minimum absolute atomic E-state index is 0.0610. The fraction of sp³-hybridized carbons (Fsp3) is 0.118. The number of benzene rings is 2. The molecule has 6 heteroatoms. The van der Waals surface area contributed by atoms with Gasteiger partial charge < -0.3 is 9.47 Å². The molecule has 0 atom stereocenters. The molecule has 2 aromatic rings. The lowest BCUT2D eigenvalue weighted by molar-refractivity contribution is -0.137. The second-order valence-corrected chi connectivity index (χ2v) is 4.85. The Balaban J connectivity index is 1.85. The summed E-state index contributed by atoms with van der Waals surface area (Å²) in [4.78, 5) is 12.1. The van der Waals surface area contributed by atoms with Crippen LogP contribution in [0.15, 0.2) is 48.5 Å². The van der Waals surface area contributed by atoms with E-state index in [1.165, 1.54) is 30.3 Å². The fourth-order valence-corrected chi connectivity index (χ4v) is 2.21. The molecule has 0 radical (unpaired) electrons. The normalized spacial score (nSPS) is 13.5. The number of carbonyl (C=O) groups is 1. The van der Waals surface area contributed by atoms with Crippen molar-refractivity contribution in [2.24, 2.45) is 0 Å². The van der Waals surface area contributed by atoms with E-state index in [1.807, 2.05) is 0 Å². The molecular formula is C17H11F3O3. The number of carbonyl (C=O) groups excluding carboxylic acids is 1. The minimum atomic E-state index is -4.47. The topological polar surface area (TPSA) is 35.5 Å². The molecule has 118 valence electrons. The SMILES string of the molecule is O=C(/C=C/c1ccccc1C(F)(F)F)c1ccc2c(c1)OCO2. The summed E-state index contributed by atoms with van der Waals surface area (Å²) in [7, 11) is 0. The highest BCUT2D eigenvalue weighted by Gasteiger charge is 2.32. The molecule has 0 unspecified atom stereocenters. The number of ether oxygens (including phenoxy) is 2. The maximum absolute atomic E-state index is 12.9. The predicted octanol–water partition coefficient (Wildman–Crippen LogP) is 4.33. The van der Waals surface area contributed by atoms with Crippen molar-refractivity contribution in [2.45, 2.75) is 6.18 Å². The van der Waals surface area contributed by atoms with Crippen LogP contribution in [0.5, 0.6) is 11.5 Å². The molecule has 3 nitrogen and oxygen atoms in total. The maximum atomic E-state index is 12.9. The van der Waals surface area contributed by atoms with Crippen molar-refractivity contribution in [1.82, 2.24) is 0 Å². The molecule has 0 aromatic heterocycles. The highest BCUT2D eigenvalue weighted by Crippen LogP contribution is 2.34. The van der Waals surface area contributed by atoms with E-state index in [4.69, 9.17) is 9.47 Å². The Morgan fingerprint density at radius 1 is 1.04 bits per heavy atom. The predicted molar refractivity (Wildman–Crippen MR) is 77.4 cm³/mol. The summed E-state index contributed by atoms with van der Waals surface area (Å²) in [6.07, 6.45) is -2.19. The third kappa shape index (κ3) is 3.21. The van der Waals surface area contributed by atoms with Crippen molar-refractivity contribution in [3.05, 3.63) is 65.2 Å². The standard InChI is InChI=1S/C17H11F3O3/c18-17(19,20)13-4-2-1-3-11(13)5-7-14(21)12-6-8-15-16(9-12)23-10-22-15/h1-9H,10H2/b7-5+. The van der Waals surface area contributed by atoms with Crippen LogP contribution < -0.4 is 9.47 Å². The molecule has 0 saturated carbocycles. The van der Waals surface area contributed by atoms with Crippen molar-refractivity contribution in [3.63, 3.8) is 0 Å². The Labute approximate surface area is 130 Å². The third-order valence-corrected chi connectivity index (χ3v) is 3.34. The lowest BCUT2D eigenvalue weighted by atomic mass is 10.0. The van der Waals surface area contributed by atoms with Crippen LogP contribution in [0.4, 0.5) is 13.2 Å². The Kier molecular flexibility index (Phi) is 3.82. The van der Waals surface area contributed by atoms with E-state index >= 15 is 0 Å². The summed E-state index contributed by atoms with van der Waals surface area (Å²) >= 11 is 0. The lowest BCUT2D eigenvalue weighted by Crippen LogP contribution is -2.07. The second-order valence-electron chi connectivity index (χ2n) is 4.85. The van der Waals surface area contributed by atoms with Gasteiger partial charge in [0.15, 0.2) is 17.3 Å². The van der Waals surface area contributed by atoms with Crippen molar-refractivity contribution in [1.29, 1.82) is 0 Å². The summed E-state index contributed by atoms with van der Waals surface area (Å²) in [5.41, 5.74) is -0.529. The molecule has 0 bridgehead atoms. The van der Waals surface area contributed by atoms with E-state index in [0.29, 0.717) is 17.1 Å². The average Bonchev–Trinajstić information content (AvgIpc) is 2.99. The van der Waals surface area contributed by atoms with E-state index < -0.39 is 17.5 Å². The van der Waals surface area contributed by atoms with Crippen molar-refractivity contribution >= 4 is 11.9 Å². The first-order chi connectivity index (χ1) is 10.9. The van der Waals surface area contributed by atoms with E-state index in [-0.39, 0.29) is 12.4 Å². The number of halogens is 3. The van der Waals surface area contributed by atoms with E-state index in [0.717, 1.165) is 18.2 Å². The number of fused-ring (bicyclic) bond motifs is 1. The largest absolute Gasteiger partial charge is 0.454 e. The summed E-state index contributed by atoms with van der Waals surface area (Å²) in [5, 5.41) is 0. The third-order valence-electron chi connectivity index (χ3n) is 3.34. The van der Waals surface area contributed by atoms with Crippen LogP contribution in [0, 0.1) is 0 Å².